The van der Waals surface area contributed by atoms with Crippen LogP contribution < -0.4 is 11.1 Å². The van der Waals surface area contributed by atoms with Gasteiger partial charge in [-0.3, -0.25) is 9.69 Å². The zero-order valence-electron chi connectivity index (χ0n) is 15.4. The maximum atomic E-state index is 12.6. The normalized spacial score (nSPS) is 24.2. The molecule has 3 unspecified atom stereocenters. The van der Waals surface area contributed by atoms with E-state index < -0.39 is 0 Å². The average Bonchev–Trinajstić information content (AvgIpc) is 2.64. The van der Waals surface area contributed by atoms with Crippen molar-refractivity contribution in [3.8, 4) is 0 Å². The van der Waals surface area contributed by atoms with E-state index in [-0.39, 0.29) is 48.7 Å². The maximum absolute atomic E-state index is 12.6. The molecule has 5 nitrogen and oxygen atoms in total. The van der Waals surface area contributed by atoms with Gasteiger partial charge in [0.05, 0.1) is 19.3 Å². The fourth-order valence-electron chi connectivity index (χ4n) is 3.84. The molecule has 0 bridgehead atoms. The van der Waals surface area contributed by atoms with Crippen LogP contribution in [0.1, 0.15) is 37.3 Å². The van der Waals surface area contributed by atoms with Crippen LogP contribution in [0.5, 0.6) is 0 Å². The first-order valence-corrected chi connectivity index (χ1v) is 9.62. The van der Waals surface area contributed by atoms with E-state index in [4.69, 9.17) is 22.1 Å². The Morgan fingerprint density at radius 2 is 1.89 bits per heavy atom. The molecule has 3 atom stereocenters. The average molecular weight is 439 g/mol. The van der Waals surface area contributed by atoms with Crippen molar-refractivity contribution in [1.29, 1.82) is 0 Å². The Bertz CT molecular complexity index is 568. The molecule has 0 aromatic heterocycles. The lowest BCUT2D eigenvalue weighted by Crippen LogP contribution is -2.45. The minimum absolute atomic E-state index is 0. The minimum Gasteiger partial charge on any atom is -0.379 e. The molecule has 1 aliphatic carbocycles. The first kappa shape index (κ1) is 24.5. The van der Waals surface area contributed by atoms with Crippen molar-refractivity contribution in [3.63, 3.8) is 0 Å². The first-order valence-electron chi connectivity index (χ1n) is 9.24. The van der Waals surface area contributed by atoms with Crippen LogP contribution in [-0.2, 0) is 9.53 Å². The third kappa shape index (κ3) is 7.08. The third-order valence-electron chi connectivity index (χ3n) is 5.30. The van der Waals surface area contributed by atoms with Crippen molar-refractivity contribution in [2.45, 2.75) is 37.8 Å². The predicted molar refractivity (Wildman–Crippen MR) is 114 cm³/mol. The molecule has 0 radical (unpaired) electrons. The van der Waals surface area contributed by atoms with Crippen molar-refractivity contribution in [2.75, 3.05) is 32.8 Å². The zero-order chi connectivity index (χ0) is 17.6. The number of nitrogens with two attached hydrogens (primary N) is 1. The van der Waals surface area contributed by atoms with Crippen LogP contribution in [0, 0.1) is 5.92 Å². The summed E-state index contributed by atoms with van der Waals surface area (Å²) in [5, 5.41) is 3.90. The van der Waals surface area contributed by atoms with E-state index >= 15 is 0 Å². The van der Waals surface area contributed by atoms with Crippen molar-refractivity contribution < 1.29 is 9.53 Å². The van der Waals surface area contributed by atoms with Gasteiger partial charge in [0.15, 0.2) is 0 Å². The maximum Gasteiger partial charge on any atom is 0.223 e. The van der Waals surface area contributed by atoms with E-state index in [1.54, 1.807) is 0 Å². The molecule has 3 N–H and O–H groups in total. The Balaban J connectivity index is 0.00000182. The number of morpholine rings is 1. The number of nitrogens with zero attached hydrogens (tertiary/aromatic N) is 1. The fourth-order valence-corrected chi connectivity index (χ4v) is 3.97. The van der Waals surface area contributed by atoms with Gasteiger partial charge in [0.2, 0.25) is 5.91 Å². The summed E-state index contributed by atoms with van der Waals surface area (Å²) in [6.45, 7) is 3.81. The highest BCUT2D eigenvalue weighted by Gasteiger charge is 2.27. The molecule has 154 valence electrons. The molecule has 1 aromatic rings. The molecule has 1 heterocycles. The van der Waals surface area contributed by atoms with Crippen LogP contribution in [0.2, 0.25) is 5.02 Å². The molecule has 1 aromatic carbocycles. The van der Waals surface area contributed by atoms with Gasteiger partial charge in [0.25, 0.3) is 0 Å². The van der Waals surface area contributed by atoms with Gasteiger partial charge >= 0.3 is 0 Å². The molecular formula is C19H30Cl3N3O2. The van der Waals surface area contributed by atoms with Crippen LogP contribution in [-0.4, -0.2) is 49.7 Å². The number of hydrogen-bond acceptors (Lipinski definition) is 4. The Kier molecular flexibility index (Phi) is 11.0. The number of carbonyl (C=O) groups is 1. The molecule has 1 saturated carbocycles. The summed E-state index contributed by atoms with van der Waals surface area (Å²) in [6, 6.07) is 8.22. The summed E-state index contributed by atoms with van der Waals surface area (Å²) in [4.78, 5) is 15.0. The van der Waals surface area contributed by atoms with E-state index in [2.05, 4.69) is 10.2 Å². The van der Waals surface area contributed by atoms with E-state index in [1.165, 1.54) is 5.56 Å². The second kappa shape index (κ2) is 12.1. The molecule has 2 aliphatic rings. The Morgan fingerprint density at radius 1 is 1.22 bits per heavy atom. The lowest BCUT2D eigenvalue weighted by atomic mass is 9.85. The minimum atomic E-state index is 0. The number of halogens is 3. The molecule has 1 amide bonds. The smallest absolute Gasteiger partial charge is 0.223 e. The van der Waals surface area contributed by atoms with Crippen molar-refractivity contribution >= 4 is 42.3 Å². The van der Waals surface area contributed by atoms with Gasteiger partial charge in [0, 0.05) is 36.6 Å². The predicted octanol–water partition coefficient (Wildman–Crippen LogP) is 3.19. The summed E-state index contributed by atoms with van der Waals surface area (Å²) in [6.07, 6.45) is 3.83. The molecule has 1 aliphatic heterocycles. The summed E-state index contributed by atoms with van der Waals surface area (Å²) in [5.74, 6) is 0.196. The number of benzene rings is 1. The molecular weight excluding hydrogens is 409 g/mol. The molecule has 3 rings (SSSR count). The van der Waals surface area contributed by atoms with Crippen molar-refractivity contribution in [3.05, 3.63) is 34.9 Å². The standard InChI is InChI=1S/C19H28ClN3O2.2ClH/c20-16-6-4-14(5-7-16)18(23-8-10-25-11-9-23)13-22-19(24)15-2-1-3-17(21)12-15;;/h4-7,15,17-18H,1-3,8-13,21H2,(H,22,24);2*1H. The number of rotatable bonds is 5. The van der Waals surface area contributed by atoms with Gasteiger partial charge in [-0.2, -0.15) is 0 Å². The molecule has 2 fully saturated rings. The SMILES string of the molecule is Cl.Cl.NC1CCCC(C(=O)NCC(c2ccc(Cl)cc2)N2CCOCC2)C1. The topological polar surface area (TPSA) is 67.6 Å². The number of ether oxygens (including phenoxy) is 1. The zero-order valence-corrected chi connectivity index (χ0v) is 17.8. The Labute approximate surface area is 179 Å². The molecule has 1 saturated heterocycles. The van der Waals surface area contributed by atoms with Crippen LogP contribution >= 0.6 is 36.4 Å². The van der Waals surface area contributed by atoms with Crippen molar-refractivity contribution in [2.24, 2.45) is 11.7 Å². The van der Waals surface area contributed by atoms with Crippen LogP contribution in [0.25, 0.3) is 0 Å². The Hall–Kier alpha value is -0.560. The first-order chi connectivity index (χ1) is 12.1. The summed E-state index contributed by atoms with van der Waals surface area (Å²) in [7, 11) is 0. The number of nitrogens with one attached hydrogen (secondary N) is 1. The van der Waals surface area contributed by atoms with Gasteiger partial charge in [0.1, 0.15) is 0 Å². The van der Waals surface area contributed by atoms with Crippen molar-refractivity contribution in [1.82, 2.24) is 10.2 Å². The van der Waals surface area contributed by atoms with Gasteiger partial charge in [-0.25, -0.2) is 0 Å². The van der Waals surface area contributed by atoms with Gasteiger partial charge < -0.3 is 15.8 Å². The molecule has 0 spiro atoms. The van der Waals surface area contributed by atoms with E-state index in [9.17, 15) is 4.79 Å². The van der Waals surface area contributed by atoms with Crippen LogP contribution in [0.4, 0.5) is 0 Å². The van der Waals surface area contributed by atoms with E-state index in [0.717, 1.165) is 57.0 Å². The molecule has 8 heteroatoms. The highest BCUT2D eigenvalue weighted by Crippen LogP contribution is 2.25. The molecule has 27 heavy (non-hydrogen) atoms. The lowest BCUT2D eigenvalue weighted by Gasteiger charge is -2.35. The lowest BCUT2D eigenvalue weighted by molar-refractivity contribution is -0.126. The van der Waals surface area contributed by atoms with E-state index in [0.29, 0.717) is 6.54 Å². The second-order valence-electron chi connectivity index (χ2n) is 7.08. The highest BCUT2D eigenvalue weighted by atomic mass is 35.5. The van der Waals surface area contributed by atoms with Gasteiger partial charge in [-0.05, 0) is 37.0 Å². The van der Waals surface area contributed by atoms with Crippen LogP contribution in [0.3, 0.4) is 0 Å². The number of hydrogen-bond donors (Lipinski definition) is 2. The Morgan fingerprint density at radius 3 is 2.52 bits per heavy atom. The number of amides is 1. The largest absolute Gasteiger partial charge is 0.379 e. The third-order valence-corrected chi connectivity index (χ3v) is 5.55. The fraction of sp³-hybridized carbons (Fsp3) is 0.632. The van der Waals surface area contributed by atoms with Gasteiger partial charge in [-0.1, -0.05) is 30.2 Å². The summed E-state index contributed by atoms with van der Waals surface area (Å²) in [5.41, 5.74) is 7.20. The van der Waals surface area contributed by atoms with E-state index in [1.807, 2.05) is 24.3 Å². The van der Waals surface area contributed by atoms with Crippen LogP contribution in [0.15, 0.2) is 24.3 Å². The number of carbonyl (C=O) groups excluding carboxylic acids is 1. The highest BCUT2D eigenvalue weighted by molar-refractivity contribution is 6.30. The summed E-state index contributed by atoms with van der Waals surface area (Å²) < 4.78 is 5.47. The van der Waals surface area contributed by atoms with Gasteiger partial charge in [-0.15, -0.1) is 24.8 Å². The second-order valence-corrected chi connectivity index (χ2v) is 7.52. The summed E-state index contributed by atoms with van der Waals surface area (Å²) >= 11 is 6.03. The quantitative estimate of drug-likeness (QED) is 0.741. The monoisotopic (exact) mass is 437 g/mol.